The van der Waals surface area contributed by atoms with Crippen molar-refractivity contribution in [3.8, 4) is 0 Å². The van der Waals surface area contributed by atoms with Gasteiger partial charge in [-0.15, -0.1) is 0 Å². The van der Waals surface area contributed by atoms with E-state index in [2.05, 4.69) is 20.9 Å². The van der Waals surface area contributed by atoms with Gasteiger partial charge in [-0.05, 0) is 35.9 Å². The normalized spacial score (nSPS) is 12.6. The number of nitrogens with zero attached hydrogens (tertiary/aromatic N) is 1. The van der Waals surface area contributed by atoms with E-state index in [0.29, 0.717) is 5.56 Å². The number of halogens is 2. The summed E-state index contributed by atoms with van der Waals surface area (Å²) in [5, 5.41) is 0.996. The first kappa shape index (κ1) is 13.2. The standard InChI is InChI=1S/C16H12BrFN2/c17-12-5-6-14(18)13(8-12)16(19)11-7-10-3-1-2-4-15(10)20-9-11/h1-9,16H,19H2. The van der Waals surface area contributed by atoms with E-state index in [1.165, 1.54) is 6.07 Å². The predicted molar refractivity (Wildman–Crippen MR) is 81.9 cm³/mol. The van der Waals surface area contributed by atoms with Crippen LogP contribution < -0.4 is 5.73 Å². The highest BCUT2D eigenvalue weighted by atomic mass is 79.9. The van der Waals surface area contributed by atoms with Crippen LogP contribution in [0.25, 0.3) is 10.9 Å². The van der Waals surface area contributed by atoms with Gasteiger partial charge in [0.15, 0.2) is 0 Å². The Hall–Kier alpha value is -1.78. The fourth-order valence-corrected chi connectivity index (χ4v) is 2.57. The molecule has 4 heteroatoms. The summed E-state index contributed by atoms with van der Waals surface area (Å²) in [4.78, 5) is 4.37. The van der Waals surface area contributed by atoms with Gasteiger partial charge in [-0.3, -0.25) is 4.98 Å². The fourth-order valence-electron chi connectivity index (χ4n) is 2.19. The molecule has 1 heterocycles. The zero-order valence-electron chi connectivity index (χ0n) is 10.6. The summed E-state index contributed by atoms with van der Waals surface area (Å²) in [5.41, 5.74) is 8.32. The molecule has 100 valence electrons. The molecule has 3 rings (SSSR count). The van der Waals surface area contributed by atoms with Crippen molar-refractivity contribution in [2.24, 2.45) is 5.73 Å². The van der Waals surface area contributed by atoms with E-state index in [1.807, 2.05) is 30.3 Å². The Morgan fingerprint density at radius 2 is 1.90 bits per heavy atom. The minimum atomic E-state index is -0.537. The second kappa shape index (κ2) is 5.31. The quantitative estimate of drug-likeness (QED) is 0.765. The Balaban J connectivity index is 2.07. The van der Waals surface area contributed by atoms with Crippen LogP contribution in [-0.4, -0.2) is 4.98 Å². The number of hydrogen-bond donors (Lipinski definition) is 1. The maximum Gasteiger partial charge on any atom is 0.128 e. The number of benzene rings is 2. The first-order valence-electron chi connectivity index (χ1n) is 6.20. The molecule has 0 amide bonds. The molecule has 20 heavy (non-hydrogen) atoms. The van der Waals surface area contributed by atoms with Gasteiger partial charge in [-0.1, -0.05) is 34.1 Å². The highest BCUT2D eigenvalue weighted by molar-refractivity contribution is 9.10. The lowest BCUT2D eigenvalue weighted by Crippen LogP contribution is -2.14. The van der Waals surface area contributed by atoms with Crippen LogP contribution in [0, 0.1) is 5.82 Å². The van der Waals surface area contributed by atoms with Crippen molar-refractivity contribution in [3.63, 3.8) is 0 Å². The van der Waals surface area contributed by atoms with Crippen LogP contribution in [-0.2, 0) is 0 Å². The second-order valence-electron chi connectivity index (χ2n) is 4.60. The fraction of sp³-hybridized carbons (Fsp3) is 0.0625. The molecule has 1 aromatic heterocycles. The SMILES string of the molecule is NC(c1cnc2ccccc2c1)c1cc(Br)ccc1F. The van der Waals surface area contributed by atoms with Crippen molar-refractivity contribution >= 4 is 26.8 Å². The first-order valence-corrected chi connectivity index (χ1v) is 6.99. The average molecular weight is 331 g/mol. The molecule has 2 nitrogen and oxygen atoms in total. The van der Waals surface area contributed by atoms with E-state index in [1.54, 1.807) is 18.3 Å². The maximum atomic E-state index is 13.9. The molecule has 0 radical (unpaired) electrons. The van der Waals surface area contributed by atoms with Crippen LogP contribution in [0.15, 0.2) is 59.2 Å². The van der Waals surface area contributed by atoms with Gasteiger partial charge in [0.05, 0.1) is 11.6 Å². The topological polar surface area (TPSA) is 38.9 Å². The van der Waals surface area contributed by atoms with Crippen molar-refractivity contribution in [2.45, 2.75) is 6.04 Å². The van der Waals surface area contributed by atoms with Gasteiger partial charge in [0.2, 0.25) is 0 Å². The van der Waals surface area contributed by atoms with E-state index in [9.17, 15) is 4.39 Å². The minimum absolute atomic E-state index is 0.311. The summed E-state index contributed by atoms with van der Waals surface area (Å²) in [7, 11) is 0. The Morgan fingerprint density at radius 3 is 2.75 bits per heavy atom. The molecule has 1 atom stereocenters. The van der Waals surface area contributed by atoms with Crippen LogP contribution in [0.1, 0.15) is 17.2 Å². The molecule has 0 fully saturated rings. The lowest BCUT2D eigenvalue weighted by atomic mass is 9.99. The molecule has 0 bridgehead atoms. The zero-order valence-corrected chi connectivity index (χ0v) is 12.1. The highest BCUT2D eigenvalue weighted by Crippen LogP contribution is 2.26. The van der Waals surface area contributed by atoms with Crippen LogP contribution in [0.5, 0.6) is 0 Å². The van der Waals surface area contributed by atoms with Gasteiger partial charge in [-0.25, -0.2) is 4.39 Å². The second-order valence-corrected chi connectivity index (χ2v) is 5.52. The lowest BCUT2D eigenvalue weighted by molar-refractivity contribution is 0.599. The van der Waals surface area contributed by atoms with Crippen molar-refractivity contribution in [1.29, 1.82) is 0 Å². The molecule has 3 aromatic rings. The van der Waals surface area contributed by atoms with Crippen molar-refractivity contribution < 1.29 is 4.39 Å². The van der Waals surface area contributed by atoms with Gasteiger partial charge in [0.25, 0.3) is 0 Å². The van der Waals surface area contributed by atoms with Gasteiger partial charge >= 0.3 is 0 Å². The molecule has 0 spiro atoms. The molecule has 0 aliphatic rings. The molecule has 0 saturated heterocycles. The molecule has 2 aromatic carbocycles. The summed E-state index contributed by atoms with van der Waals surface area (Å²) in [6, 6.07) is 14.0. The average Bonchev–Trinajstić information content (AvgIpc) is 2.48. The van der Waals surface area contributed by atoms with Crippen LogP contribution in [0.3, 0.4) is 0 Å². The number of rotatable bonds is 2. The van der Waals surface area contributed by atoms with Gasteiger partial charge in [-0.2, -0.15) is 0 Å². The Kier molecular flexibility index (Phi) is 3.51. The summed E-state index contributed by atoms with van der Waals surface area (Å²) in [6.07, 6.45) is 1.70. The Labute approximate surface area is 124 Å². The molecule has 0 aliphatic heterocycles. The number of aromatic nitrogens is 1. The molecular weight excluding hydrogens is 319 g/mol. The number of hydrogen-bond acceptors (Lipinski definition) is 2. The van der Waals surface area contributed by atoms with Crippen molar-refractivity contribution in [2.75, 3.05) is 0 Å². The van der Waals surface area contributed by atoms with Crippen molar-refractivity contribution in [1.82, 2.24) is 4.98 Å². The largest absolute Gasteiger partial charge is 0.320 e. The molecule has 0 aliphatic carbocycles. The van der Waals surface area contributed by atoms with E-state index < -0.39 is 6.04 Å². The van der Waals surface area contributed by atoms with E-state index in [4.69, 9.17) is 5.73 Å². The van der Waals surface area contributed by atoms with Gasteiger partial charge in [0.1, 0.15) is 5.82 Å². The molecular formula is C16H12BrFN2. The number of nitrogens with two attached hydrogens (primary N) is 1. The Bertz CT molecular complexity index is 773. The molecule has 2 N–H and O–H groups in total. The Morgan fingerprint density at radius 1 is 1.10 bits per heavy atom. The van der Waals surface area contributed by atoms with E-state index in [0.717, 1.165) is 20.9 Å². The summed E-state index contributed by atoms with van der Waals surface area (Å²) < 4.78 is 14.7. The third-order valence-corrected chi connectivity index (χ3v) is 3.76. The summed E-state index contributed by atoms with van der Waals surface area (Å²) >= 11 is 3.34. The van der Waals surface area contributed by atoms with Crippen molar-refractivity contribution in [3.05, 3.63) is 76.1 Å². The third kappa shape index (κ3) is 2.44. The van der Waals surface area contributed by atoms with Gasteiger partial charge in [0, 0.05) is 21.6 Å². The zero-order chi connectivity index (χ0) is 14.1. The van der Waals surface area contributed by atoms with Crippen LogP contribution in [0.4, 0.5) is 4.39 Å². The summed E-state index contributed by atoms with van der Waals surface area (Å²) in [6.45, 7) is 0. The predicted octanol–water partition coefficient (Wildman–Crippen LogP) is 4.18. The highest BCUT2D eigenvalue weighted by Gasteiger charge is 2.14. The van der Waals surface area contributed by atoms with Crippen LogP contribution >= 0.6 is 15.9 Å². The smallest absolute Gasteiger partial charge is 0.128 e. The molecule has 1 unspecified atom stereocenters. The third-order valence-electron chi connectivity index (χ3n) is 3.26. The lowest BCUT2D eigenvalue weighted by Gasteiger charge is -2.14. The first-order chi connectivity index (χ1) is 9.65. The number of fused-ring (bicyclic) bond motifs is 1. The number of para-hydroxylation sites is 1. The molecule has 0 saturated carbocycles. The monoisotopic (exact) mass is 330 g/mol. The minimum Gasteiger partial charge on any atom is -0.320 e. The van der Waals surface area contributed by atoms with E-state index >= 15 is 0 Å². The summed E-state index contributed by atoms with van der Waals surface area (Å²) in [5.74, 6) is -0.311. The maximum absolute atomic E-state index is 13.9. The number of pyridine rings is 1. The van der Waals surface area contributed by atoms with Crippen LogP contribution in [0.2, 0.25) is 0 Å². The van der Waals surface area contributed by atoms with E-state index in [-0.39, 0.29) is 5.82 Å². The van der Waals surface area contributed by atoms with Gasteiger partial charge < -0.3 is 5.73 Å².